The third kappa shape index (κ3) is 4.08. The highest BCUT2D eigenvalue weighted by atomic mass is 31.2. The maximum absolute atomic E-state index is 12.9. The normalized spacial score (nSPS) is 32.2. The standard InChI is InChI=1S/C21H34NO8P/c1-3-29-31(25,30-4-2)15-19(24)26-14-17-20-8-6-5-7-16(20)13-18(23)22(20)10-9-21(17)27-11-12-28-21/h16-17H,3-15H2,1-2H3/t16-,17?,20-/m0/s1. The Morgan fingerprint density at radius 2 is 1.87 bits per heavy atom. The van der Waals surface area contributed by atoms with Crippen molar-refractivity contribution in [2.45, 2.75) is 63.7 Å². The first-order valence-electron chi connectivity index (χ1n) is 11.5. The zero-order chi connectivity index (χ0) is 22.1. The molecular weight excluding hydrogens is 425 g/mol. The van der Waals surface area contributed by atoms with Gasteiger partial charge in [-0.15, -0.1) is 0 Å². The predicted octanol–water partition coefficient (Wildman–Crippen LogP) is 2.72. The monoisotopic (exact) mass is 459 g/mol. The average Bonchev–Trinajstić information content (AvgIpc) is 3.30. The molecule has 1 saturated carbocycles. The summed E-state index contributed by atoms with van der Waals surface area (Å²) in [6, 6.07) is 0. The topological polar surface area (TPSA) is 101 Å². The van der Waals surface area contributed by atoms with Crippen LogP contribution in [0.4, 0.5) is 0 Å². The molecule has 1 unspecified atom stereocenters. The number of esters is 1. The molecule has 3 aliphatic heterocycles. The first kappa shape index (κ1) is 23.2. The fourth-order valence-corrected chi connectivity index (χ4v) is 7.68. The largest absolute Gasteiger partial charge is 0.465 e. The van der Waals surface area contributed by atoms with Gasteiger partial charge in [-0.3, -0.25) is 14.2 Å². The number of nitrogens with zero attached hydrogens (tertiary/aromatic N) is 1. The fourth-order valence-electron chi connectivity index (χ4n) is 6.23. The van der Waals surface area contributed by atoms with E-state index < -0.39 is 31.1 Å². The van der Waals surface area contributed by atoms with Crippen LogP contribution in [0.5, 0.6) is 0 Å². The van der Waals surface area contributed by atoms with Crippen molar-refractivity contribution >= 4 is 19.5 Å². The molecule has 0 aromatic rings. The molecule has 3 heterocycles. The van der Waals surface area contributed by atoms with Gasteiger partial charge in [0.2, 0.25) is 5.91 Å². The molecule has 3 atom stereocenters. The van der Waals surface area contributed by atoms with Gasteiger partial charge in [0, 0.05) is 19.4 Å². The summed E-state index contributed by atoms with van der Waals surface area (Å²) in [5, 5.41) is 0. The van der Waals surface area contributed by atoms with Crippen LogP contribution in [-0.4, -0.2) is 73.8 Å². The highest BCUT2D eigenvalue weighted by Gasteiger charge is 2.67. The Morgan fingerprint density at radius 3 is 2.55 bits per heavy atom. The van der Waals surface area contributed by atoms with Crippen LogP contribution in [0.25, 0.3) is 0 Å². The minimum Gasteiger partial charge on any atom is -0.465 e. The maximum atomic E-state index is 12.9. The quantitative estimate of drug-likeness (QED) is 0.404. The van der Waals surface area contributed by atoms with Gasteiger partial charge >= 0.3 is 13.6 Å². The summed E-state index contributed by atoms with van der Waals surface area (Å²) in [5.41, 5.74) is -0.415. The molecule has 2 spiro atoms. The number of ether oxygens (including phenoxy) is 3. The molecule has 9 nitrogen and oxygen atoms in total. The lowest BCUT2D eigenvalue weighted by Gasteiger charge is -2.58. The van der Waals surface area contributed by atoms with Crippen LogP contribution >= 0.6 is 7.60 Å². The lowest BCUT2D eigenvalue weighted by molar-refractivity contribution is -0.267. The zero-order valence-electron chi connectivity index (χ0n) is 18.5. The zero-order valence-corrected chi connectivity index (χ0v) is 19.4. The number of carbonyl (C=O) groups is 2. The number of rotatable bonds is 8. The van der Waals surface area contributed by atoms with Gasteiger partial charge in [-0.05, 0) is 32.6 Å². The van der Waals surface area contributed by atoms with Gasteiger partial charge in [-0.25, -0.2) is 0 Å². The van der Waals surface area contributed by atoms with Crippen LogP contribution in [0.2, 0.25) is 0 Å². The number of hydrogen-bond donors (Lipinski definition) is 0. The van der Waals surface area contributed by atoms with Gasteiger partial charge in [-0.1, -0.05) is 12.8 Å². The Labute approximate surface area is 183 Å². The van der Waals surface area contributed by atoms with E-state index in [0.29, 0.717) is 32.6 Å². The van der Waals surface area contributed by atoms with Gasteiger partial charge in [0.15, 0.2) is 5.79 Å². The van der Waals surface area contributed by atoms with E-state index in [0.717, 1.165) is 25.7 Å². The Hall–Kier alpha value is -0.990. The van der Waals surface area contributed by atoms with Crippen molar-refractivity contribution in [2.24, 2.45) is 11.8 Å². The molecule has 0 aromatic carbocycles. The van der Waals surface area contributed by atoms with Crippen LogP contribution < -0.4 is 0 Å². The van der Waals surface area contributed by atoms with E-state index in [1.807, 2.05) is 4.90 Å². The van der Waals surface area contributed by atoms with E-state index in [9.17, 15) is 14.2 Å². The number of hydrogen-bond acceptors (Lipinski definition) is 8. The molecule has 1 aliphatic carbocycles. The van der Waals surface area contributed by atoms with E-state index >= 15 is 0 Å². The fraction of sp³-hybridized carbons (Fsp3) is 0.905. The lowest BCUT2D eigenvalue weighted by Crippen LogP contribution is -2.68. The first-order valence-corrected chi connectivity index (χ1v) is 13.2. The van der Waals surface area contributed by atoms with E-state index in [1.54, 1.807) is 13.8 Å². The summed E-state index contributed by atoms with van der Waals surface area (Å²) < 4.78 is 41.1. The highest BCUT2D eigenvalue weighted by Crippen LogP contribution is 2.57. The second-order valence-electron chi connectivity index (χ2n) is 8.78. The van der Waals surface area contributed by atoms with Gasteiger partial charge in [0.25, 0.3) is 0 Å². The van der Waals surface area contributed by atoms with E-state index in [2.05, 4.69) is 0 Å². The van der Waals surface area contributed by atoms with Crippen molar-refractivity contribution in [2.75, 3.05) is 45.7 Å². The molecule has 1 amide bonds. The molecular formula is C21H34NO8P. The Balaban J connectivity index is 1.55. The summed E-state index contributed by atoms with van der Waals surface area (Å²) in [6.07, 6.45) is 4.61. The molecule has 0 radical (unpaired) electrons. The maximum Gasteiger partial charge on any atom is 0.341 e. The van der Waals surface area contributed by atoms with Crippen molar-refractivity contribution in [3.63, 3.8) is 0 Å². The van der Waals surface area contributed by atoms with Gasteiger partial charge in [0.1, 0.15) is 12.8 Å². The van der Waals surface area contributed by atoms with Crippen molar-refractivity contribution in [3.8, 4) is 0 Å². The van der Waals surface area contributed by atoms with Gasteiger partial charge in [-0.2, -0.15) is 0 Å². The summed E-state index contributed by atoms with van der Waals surface area (Å²) in [7, 11) is -3.54. The molecule has 0 N–H and O–H groups in total. The second-order valence-corrected chi connectivity index (χ2v) is 10.8. The summed E-state index contributed by atoms with van der Waals surface area (Å²) >= 11 is 0. The van der Waals surface area contributed by atoms with Crippen LogP contribution in [-0.2, 0) is 37.4 Å². The highest BCUT2D eigenvalue weighted by molar-refractivity contribution is 7.54. The van der Waals surface area contributed by atoms with Crippen molar-refractivity contribution < 1.29 is 37.4 Å². The summed E-state index contributed by atoms with van der Waals surface area (Å²) in [6.45, 7) is 5.39. The lowest BCUT2D eigenvalue weighted by atomic mass is 9.62. The van der Waals surface area contributed by atoms with E-state index in [-0.39, 0.29) is 37.6 Å². The van der Waals surface area contributed by atoms with Gasteiger partial charge < -0.3 is 28.2 Å². The van der Waals surface area contributed by atoms with E-state index in [1.165, 1.54) is 0 Å². The van der Waals surface area contributed by atoms with Crippen LogP contribution in [0.3, 0.4) is 0 Å². The predicted molar refractivity (Wildman–Crippen MR) is 110 cm³/mol. The van der Waals surface area contributed by atoms with Crippen molar-refractivity contribution in [3.05, 3.63) is 0 Å². The van der Waals surface area contributed by atoms with Crippen LogP contribution in [0.1, 0.15) is 52.4 Å². The first-order chi connectivity index (χ1) is 14.9. The third-order valence-corrected chi connectivity index (χ3v) is 9.24. The molecule has 4 fully saturated rings. The Morgan fingerprint density at radius 1 is 1.16 bits per heavy atom. The third-order valence-electron chi connectivity index (χ3n) is 7.29. The number of carbonyl (C=O) groups excluding carboxylic acids is 2. The molecule has 176 valence electrons. The van der Waals surface area contributed by atoms with Gasteiger partial charge in [0.05, 0.1) is 37.9 Å². The summed E-state index contributed by atoms with van der Waals surface area (Å²) in [4.78, 5) is 27.5. The molecule has 0 bridgehead atoms. The van der Waals surface area contributed by atoms with Crippen LogP contribution in [0, 0.1) is 11.8 Å². The Kier molecular flexibility index (Phi) is 6.80. The van der Waals surface area contributed by atoms with Crippen molar-refractivity contribution in [1.29, 1.82) is 0 Å². The molecule has 10 heteroatoms. The molecule has 4 rings (SSSR count). The number of amides is 1. The minimum absolute atomic E-state index is 0.0529. The average molecular weight is 459 g/mol. The van der Waals surface area contributed by atoms with Crippen LogP contribution in [0.15, 0.2) is 0 Å². The SMILES string of the molecule is CCOP(=O)(CC(=O)OCC1C2(CCN3C(=O)C[C@@H]4CCCC[C@@]143)OCCO2)OCC. The molecule has 3 saturated heterocycles. The smallest absolute Gasteiger partial charge is 0.341 e. The molecule has 4 aliphatic rings. The van der Waals surface area contributed by atoms with E-state index in [4.69, 9.17) is 23.3 Å². The Bertz CT molecular complexity index is 729. The molecule has 0 aromatic heterocycles. The minimum atomic E-state index is -3.54. The molecule has 31 heavy (non-hydrogen) atoms. The summed E-state index contributed by atoms with van der Waals surface area (Å²) in [5.74, 6) is -1.38. The number of piperidine rings is 1. The second kappa shape index (κ2) is 9.10. The van der Waals surface area contributed by atoms with Crippen molar-refractivity contribution in [1.82, 2.24) is 4.90 Å².